The van der Waals surface area contributed by atoms with Crippen LogP contribution in [0.1, 0.15) is 28.2 Å². The highest BCUT2D eigenvalue weighted by Gasteiger charge is 2.21. The fourth-order valence-electron chi connectivity index (χ4n) is 3.56. The van der Waals surface area contributed by atoms with Crippen LogP contribution >= 0.6 is 11.9 Å². The fourth-order valence-corrected chi connectivity index (χ4v) is 4.66. The smallest absolute Gasteiger partial charge is 0.268 e. The number of carbonyl (C=O) groups is 1. The molecule has 2 aromatic rings. The second kappa shape index (κ2) is 9.46. The van der Waals surface area contributed by atoms with Crippen molar-refractivity contribution >= 4 is 35.4 Å². The lowest BCUT2D eigenvalue weighted by atomic mass is 10.1. The van der Waals surface area contributed by atoms with E-state index in [0.717, 1.165) is 40.4 Å². The number of hydrazine groups is 1. The van der Waals surface area contributed by atoms with Crippen LogP contribution in [-0.2, 0) is 13.6 Å². The monoisotopic (exact) mass is 442 g/mol. The largest absolute Gasteiger partial charge is 0.402 e. The van der Waals surface area contributed by atoms with E-state index in [1.807, 2.05) is 36.7 Å². The molecule has 0 spiro atoms. The summed E-state index contributed by atoms with van der Waals surface area (Å²) < 4.78 is 4.05. The van der Waals surface area contributed by atoms with Crippen LogP contribution in [0.25, 0.3) is 0 Å². The Morgan fingerprint density at radius 1 is 1.39 bits per heavy atom. The number of hydrogen-bond donors (Lipinski definition) is 5. The number of aromatic nitrogens is 1. The average Bonchev–Trinajstić information content (AvgIpc) is 3.01. The maximum Gasteiger partial charge on any atom is 0.268 e. The molecule has 1 amide bonds. The molecule has 166 valence electrons. The molecular weight excluding hydrogens is 412 g/mol. The second-order valence-corrected chi connectivity index (χ2v) is 8.73. The lowest BCUT2D eigenvalue weighted by Gasteiger charge is -2.26. The van der Waals surface area contributed by atoms with Crippen LogP contribution < -0.4 is 27.6 Å². The number of carbonyl (C=O) groups excluding carboxylic acids is 1. The van der Waals surface area contributed by atoms with E-state index < -0.39 is 0 Å². The predicted molar refractivity (Wildman–Crippen MR) is 127 cm³/mol. The van der Waals surface area contributed by atoms with E-state index >= 15 is 0 Å². The molecule has 1 aliphatic rings. The molecule has 10 heteroatoms. The lowest BCUT2D eigenvalue weighted by molar-refractivity contribution is 0.0942. The normalized spacial score (nSPS) is 14.6. The Bertz CT molecular complexity index is 1030. The first kappa shape index (κ1) is 22.7. The number of amides is 1. The van der Waals surface area contributed by atoms with Crippen molar-refractivity contribution in [3.05, 3.63) is 52.5 Å². The Balaban J connectivity index is 1.72. The first-order valence-electron chi connectivity index (χ1n) is 9.94. The van der Waals surface area contributed by atoms with Crippen molar-refractivity contribution < 1.29 is 4.79 Å². The van der Waals surface area contributed by atoms with Crippen LogP contribution in [-0.4, -0.2) is 41.1 Å². The molecule has 0 fully saturated rings. The molecule has 1 aromatic heterocycles. The number of hydrogen-bond acceptors (Lipinski definition) is 8. The van der Waals surface area contributed by atoms with Gasteiger partial charge in [-0.05, 0) is 36.6 Å². The van der Waals surface area contributed by atoms with Gasteiger partial charge >= 0.3 is 0 Å². The molecule has 0 radical (unpaired) electrons. The zero-order valence-corrected chi connectivity index (χ0v) is 18.9. The number of nitrogens with one attached hydrogen (secondary N) is 2. The van der Waals surface area contributed by atoms with Gasteiger partial charge < -0.3 is 31.8 Å². The summed E-state index contributed by atoms with van der Waals surface area (Å²) in [6.45, 7) is 3.71. The van der Waals surface area contributed by atoms with E-state index in [1.165, 1.54) is 11.2 Å². The van der Waals surface area contributed by atoms with E-state index in [2.05, 4.69) is 9.62 Å². The van der Waals surface area contributed by atoms with E-state index in [-0.39, 0.29) is 5.91 Å². The summed E-state index contributed by atoms with van der Waals surface area (Å²) in [5.74, 6) is 5.73. The van der Waals surface area contributed by atoms with Gasteiger partial charge in [0.25, 0.3) is 5.91 Å². The zero-order chi connectivity index (χ0) is 22.7. The van der Waals surface area contributed by atoms with Crippen LogP contribution in [0.3, 0.4) is 0 Å². The first-order valence-corrected chi connectivity index (χ1v) is 10.7. The van der Waals surface area contributed by atoms with Crippen molar-refractivity contribution in [3.8, 4) is 0 Å². The predicted octanol–water partition coefficient (Wildman–Crippen LogP) is 1.73. The average molecular weight is 443 g/mol. The molecule has 0 unspecified atom stereocenters. The van der Waals surface area contributed by atoms with E-state index in [9.17, 15) is 4.79 Å². The van der Waals surface area contributed by atoms with Crippen LogP contribution in [0, 0.1) is 12.3 Å². The number of para-hydroxylation sites is 1. The summed E-state index contributed by atoms with van der Waals surface area (Å²) in [6, 6.07) is 7.41. The maximum absolute atomic E-state index is 12.9. The van der Waals surface area contributed by atoms with Gasteiger partial charge in [-0.1, -0.05) is 12.1 Å². The highest BCUT2D eigenvalue weighted by Crippen LogP contribution is 2.31. The van der Waals surface area contributed by atoms with E-state index in [1.54, 1.807) is 25.1 Å². The van der Waals surface area contributed by atoms with Gasteiger partial charge in [0.2, 0.25) is 0 Å². The maximum atomic E-state index is 12.9. The van der Waals surface area contributed by atoms with Gasteiger partial charge in [0.1, 0.15) is 5.69 Å². The number of rotatable bonds is 7. The molecular formula is C21H30N8OS. The van der Waals surface area contributed by atoms with Crippen LogP contribution in [0.15, 0.2) is 40.4 Å². The van der Waals surface area contributed by atoms with Gasteiger partial charge in [0.15, 0.2) is 0 Å². The Labute approximate surface area is 186 Å². The summed E-state index contributed by atoms with van der Waals surface area (Å²) in [5, 5.41) is 12.0. The highest BCUT2D eigenvalue weighted by molar-refractivity contribution is 7.97. The number of benzene rings is 1. The van der Waals surface area contributed by atoms with Crippen molar-refractivity contribution in [3.63, 3.8) is 0 Å². The summed E-state index contributed by atoms with van der Waals surface area (Å²) in [6.07, 6.45) is 2.05. The van der Waals surface area contributed by atoms with Gasteiger partial charge in [0.05, 0.1) is 11.4 Å². The minimum atomic E-state index is -0.173. The van der Waals surface area contributed by atoms with Crippen molar-refractivity contribution in [2.24, 2.45) is 18.6 Å². The molecule has 1 aromatic carbocycles. The minimum absolute atomic E-state index is 0.173. The Morgan fingerprint density at radius 2 is 2.13 bits per heavy atom. The third-order valence-electron chi connectivity index (χ3n) is 5.46. The Kier molecular flexibility index (Phi) is 6.94. The molecule has 0 saturated heterocycles. The number of nitrogens with two attached hydrogens (primary N) is 3. The number of anilines is 2. The summed E-state index contributed by atoms with van der Waals surface area (Å²) in [7, 11) is 3.60. The highest BCUT2D eigenvalue weighted by atomic mass is 32.2. The molecule has 9 nitrogen and oxygen atoms in total. The fraction of sp³-hybridized carbons (Fsp3) is 0.333. The van der Waals surface area contributed by atoms with E-state index in [4.69, 9.17) is 22.7 Å². The quantitative estimate of drug-likeness (QED) is 0.144. The molecule has 31 heavy (non-hydrogen) atoms. The topological polar surface area (TPSA) is 142 Å². The molecule has 1 aliphatic heterocycles. The third-order valence-corrected chi connectivity index (χ3v) is 6.64. The molecule has 8 N–H and O–H groups in total. The van der Waals surface area contributed by atoms with Crippen molar-refractivity contribution in [1.29, 1.82) is 5.41 Å². The molecule has 0 aliphatic carbocycles. The summed E-state index contributed by atoms with van der Waals surface area (Å²) in [4.78, 5) is 13.9. The minimum Gasteiger partial charge on any atom is -0.402 e. The third kappa shape index (κ3) is 4.87. The van der Waals surface area contributed by atoms with Crippen molar-refractivity contribution in [2.45, 2.75) is 24.8 Å². The van der Waals surface area contributed by atoms with Crippen LogP contribution in [0.2, 0.25) is 0 Å². The zero-order valence-electron chi connectivity index (χ0n) is 18.1. The molecule has 0 saturated carbocycles. The van der Waals surface area contributed by atoms with Gasteiger partial charge in [-0.3, -0.25) is 4.79 Å². The Hall–Kier alpha value is -2.95. The van der Waals surface area contributed by atoms with Crippen LogP contribution in [0.5, 0.6) is 0 Å². The van der Waals surface area contributed by atoms with Gasteiger partial charge in [0, 0.05) is 68.2 Å². The molecule has 0 atom stereocenters. The van der Waals surface area contributed by atoms with Gasteiger partial charge in [-0.15, -0.1) is 0 Å². The summed E-state index contributed by atoms with van der Waals surface area (Å²) in [5.41, 5.74) is 17.3. The summed E-state index contributed by atoms with van der Waals surface area (Å²) >= 11 is 1.59. The van der Waals surface area contributed by atoms with Gasteiger partial charge in [-0.25, -0.2) is 10.1 Å². The first-order chi connectivity index (χ1) is 14.7. The number of nitrogen functional groups attached to an aromatic ring is 1. The SMILES string of the molecule is Cc1c(SN2CCC(N)=C(C=N)C2)cc(C(=O)NCc2cccc(N)c2N(C)N)n1C. The van der Waals surface area contributed by atoms with E-state index in [0.29, 0.717) is 30.2 Å². The lowest BCUT2D eigenvalue weighted by Crippen LogP contribution is -2.30. The molecule has 2 heterocycles. The van der Waals surface area contributed by atoms with Gasteiger partial charge in [-0.2, -0.15) is 0 Å². The molecule has 0 bridgehead atoms. The number of nitrogens with zero attached hydrogens (tertiary/aromatic N) is 3. The van der Waals surface area contributed by atoms with Crippen molar-refractivity contribution in [1.82, 2.24) is 14.2 Å². The standard InChI is InChI=1S/C21H30N8OS/c1-13-19(31-29-8-7-16(23)15(10-22)12-29)9-18(27(13)2)21(30)26-11-14-5-4-6-17(24)20(14)28(3)25/h4-6,9-10,22H,7-8,11-12,23-25H2,1-3H3,(H,26,30). The second-order valence-electron chi connectivity index (χ2n) is 7.59. The Morgan fingerprint density at radius 3 is 2.81 bits per heavy atom. The van der Waals surface area contributed by atoms with Crippen molar-refractivity contribution in [2.75, 3.05) is 30.9 Å². The molecule has 3 rings (SSSR count). The van der Waals surface area contributed by atoms with Crippen LogP contribution in [0.4, 0.5) is 11.4 Å².